The van der Waals surface area contributed by atoms with Crippen molar-refractivity contribution in [3.8, 4) is 0 Å². The Morgan fingerprint density at radius 1 is 1.25 bits per heavy atom. The van der Waals surface area contributed by atoms with Gasteiger partial charge in [0.15, 0.2) is 0 Å². The summed E-state index contributed by atoms with van der Waals surface area (Å²) in [7, 11) is 0. The van der Waals surface area contributed by atoms with Crippen LogP contribution in [0, 0.1) is 0 Å². The molecule has 1 aliphatic heterocycles. The minimum atomic E-state index is -1.08. The molecule has 1 fully saturated rings. The fourth-order valence-corrected chi connectivity index (χ4v) is 2.53. The Kier molecular flexibility index (Phi) is 3.94. The quantitative estimate of drug-likeness (QED) is 0.600. The highest BCUT2D eigenvalue weighted by molar-refractivity contribution is 7.14. The summed E-state index contributed by atoms with van der Waals surface area (Å²) in [4.78, 5) is 47.0. The number of carbonyl (C=O) groups excluding carboxylic acids is 3. The van der Waals surface area contributed by atoms with Crippen molar-refractivity contribution in [2.45, 2.75) is 0 Å². The van der Waals surface area contributed by atoms with Gasteiger partial charge in [-0.1, -0.05) is 0 Å². The van der Waals surface area contributed by atoms with Gasteiger partial charge in [0.05, 0.1) is 4.88 Å². The van der Waals surface area contributed by atoms with Gasteiger partial charge in [0.25, 0.3) is 5.91 Å². The largest absolute Gasteiger partial charge is 0.478 e. The molecule has 1 aliphatic rings. The van der Waals surface area contributed by atoms with Crippen LogP contribution >= 0.6 is 11.3 Å². The molecular weight excluding hydrogens is 284 g/mol. The van der Waals surface area contributed by atoms with Crippen LogP contribution in [0.2, 0.25) is 0 Å². The van der Waals surface area contributed by atoms with E-state index in [-0.39, 0.29) is 13.1 Å². The van der Waals surface area contributed by atoms with Gasteiger partial charge in [0.1, 0.15) is 13.1 Å². The number of nitrogens with one attached hydrogen (secondary N) is 1. The predicted octanol–water partition coefficient (Wildman–Crippen LogP) is -0.0555. The molecule has 0 atom stereocenters. The average molecular weight is 294 g/mol. The Hall–Kier alpha value is -2.48. The number of hydrogen-bond donors (Lipinski definition) is 2. The Bertz CT molecular complexity index is 603. The first kappa shape index (κ1) is 13.9. The van der Waals surface area contributed by atoms with Crippen LogP contribution in [0.1, 0.15) is 14.5 Å². The molecule has 3 amide bonds. The molecule has 20 heavy (non-hydrogen) atoms. The standard InChI is InChI=1S/C12H10N2O5S/c15-9-5-14(6-10(16)13-9)12(19)8-3-1-7(20-8)2-4-11(17)18/h1-4H,5-6H2,(H,17,18)(H,13,15,16). The van der Waals surface area contributed by atoms with E-state index in [2.05, 4.69) is 5.32 Å². The van der Waals surface area contributed by atoms with E-state index < -0.39 is 23.7 Å². The molecule has 0 saturated carbocycles. The second kappa shape index (κ2) is 5.66. The molecule has 0 spiro atoms. The second-order valence-corrected chi connectivity index (χ2v) is 5.12. The van der Waals surface area contributed by atoms with Crippen molar-refractivity contribution in [1.29, 1.82) is 0 Å². The number of hydrogen-bond acceptors (Lipinski definition) is 5. The highest BCUT2D eigenvalue weighted by Gasteiger charge is 2.27. The van der Waals surface area contributed by atoms with Crippen molar-refractivity contribution < 1.29 is 24.3 Å². The van der Waals surface area contributed by atoms with Gasteiger partial charge in [0.2, 0.25) is 11.8 Å². The van der Waals surface area contributed by atoms with Crippen LogP contribution in [0.25, 0.3) is 6.08 Å². The lowest BCUT2D eigenvalue weighted by molar-refractivity contribution is -0.135. The third-order valence-corrected chi connectivity index (χ3v) is 3.50. The van der Waals surface area contributed by atoms with Gasteiger partial charge in [-0.3, -0.25) is 19.7 Å². The molecule has 1 aromatic rings. The zero-order valence-corrected chi connectivity index (χ0v) is 11.0. The van der Waals surface area contributed by atoms with Gasteiger partial charge in [-0.05, 0) is 18.2 Å². The molecule has 0 unspecified atom stereocenters. The van der Waals surface area contributed by atoms with Gasteiger partial charge in [0, 0.05) is 11.0 Å². The highest BCUT2D eigenvalue weighted by Crippen LogP contribution is 2.20. The van der Waals surface area contributed by atoms with Gasteiger partial charge < -0.3 is 10.0 Å². The molecule has 0 aromatic carbocycles. The maximum atomic E-state index is 12.1. The molecule has 2 heterocycles. The zero-order chi connectivity index (χ0) is 14.7. The summed E-state index contributed by atoms with van der Waals surface area (Å²) >= 11 is 1.09. The van der Waals surface area contributed by atoms with Crippen molar-refractivity contribution in [3.05, 3.63) is 28.0 Å². The molecule has 0 radical (unpaired) electrons. The first-order valence-electron chi connectivity index (χ1n) is 5.58. The van der Waals surface area contributed by atoms with Crippen LogP contribution in [-0.4, -0.2) is 46.8 Å². The number of imide groups is 1. The molecule has 104 valence electrons. The molecule has 0 bridgehead atoms. The normalized spacial score (nSPS) is 15.5. The molecule has 1 aromatic heterocycles. The maximum absolute atomic E-state index is 12.1. The van der Waals surface area contributed by atoms with Crippen molar-refractivity contribution in [1.82, 2.24) is 10.2 Å². The van der Waals surface area contributed by atoms with Crippen molar-refractivity contribution in [3.63, 3.8) is 0 Å². The summed E-state index contributed by atoms with van der Waals surface area (Å²) < 4.78 is 0. The number of piperazine rings is 1. The second-order valence-electron chi connectivity index (χ2n) is 4.01. The van der Waals surface area contributed by atoms with Crippen LogP contribution < -0.4 is 5.32 Å². The van der Waals surface area contributed by atoms with Crippen LogP contribution in [0.5, 0.6) is 0 Å². The van der Waals surface area contributed by atoms with Gasteiger partial charge >= 0.3 is 5.97 Å². The molecule has 8 heteroatoms. The van der Waals surface area contributed by atoms with E-state index >= 15 is 0 Å². The fraction of sp³-hybridized carbons (Fsp3) is 0.167. The predicted molar refractivity (Wildman–Crippen MR) is 70.0 cm³/mol. The minimum Gasteiger partial charge on any atom is -0.478 e. The Balaban J connectivity index is 2.11. The Morgan fingerprint density at radius 3 is 2.50 bits per heavy atom. The summed E-state index contributed by atoms with van der Waals surface area (Å²) in [5.74, 6) is -2.54. The monoisotopic (exact) mass is 294 g/mol. The van der Waals surface area contributed by atoms with Crippen molar-refractivity contribution in [2.24, 2.45) is 0 Å². The molecular formula is C12H10N2O5S. The van der Waals surface area contributed by atoms with E-state index in [0.29, 0.717) is 9.75 Å². The third kappa shape index (κ3) is 3.29. The molecule has 1 saturated heterocycles. The van der Waals surface area contributed by atoms with Crippen molar-refractivity contribution in [2.75, 3.05) is 13.1 Å². The van der Waals surface area contributed by atoms with Crippen LogP contribution in [-0.2, 0) is 14.4 Å². The van der Waals surface area contributed by atoms with Gasteiger partial charge in [-0.15, -0.1) is 11.3 Å². The van der Waals surface area contributed by atoms with E-state index in [9.17, 15) is 19.2 Å². The number of thiophene rings is 1. The van der Waals surface area contributed by atoms with E-state index in [1.54, 1.807) is 6.07 Å². The first-order valence-corrected chi connectivity index (χ1v) is 6.40. The summed E-state index contributed by atoms with van der Waals surface area (Å²) in [6.45, 7) is -0.328. The topological polar surface area (TPSA) is 104 Å². The number of carbonyl (C=O) groups is 4. The molecule has 2 rings (SSSR count). The zero-order valence-electron chi connectivity index (χ0n) is 10.2. The van der Waals surface area contributed by atoms with Crippen LogP contribution in [0.4, 0.5) is 0 Å². The van der Waals surface area contributed by atoms with Crippen molar-refractivity contribution >= 4 is 41.1 Å². The average Bonchev–Trinajstić information content (AvgIpc) is 2.83. The lowest BCUT2D eigenvalue weighted by Gasteiger charge is -2.24. The summed E-state index contributed by atoms with van der Waals surface area (Å²) in [5, 5.41) is 10.6. The SMILES string of the molecule is O=C(O)C=Cc1ccc(C(=O)N2CC(=O)NC(=O)C2)s1. The minimum absolute atomic E-state index is 0.164. The number of carboxylic acids is 1. The first-order chi connectivity index (χ1) is 9.45. The smallest absolute Gasteiger partial charge is 0.328 e. The van der Waals surface area contributed by atoms with E-state index in [4.69, 9.17) is 5.11 Å². The molecule has 2 N–H and O–H groups in total. The van der Waals surface area contributed by atoms with Gasteiger partial charge in [-0.2, -0.15) is 0 Å². The number of carboxylic acid groups (broad SMARTS) is 1. The summed E-state index contributed by atoms with van der Waals surface area (Å²) in [6, 6.07) is 3.13. The number of nitrogens with zero attached hydrogens (tertiary/aromatic N) is 1. The summed E-state index contributed by atoms with van der Waals surface area (Å²) in [5.41, 5.74) is 0. The van der Waals surface area contributed by atoms with E-state index in [1.807, 2.05) is 0 Å². The fourth-order valence-electron chi connectivity index (χ4n) is 1.65. The number of amides is 3. The highest BCUT2D eigenvalue weighted by atomic mass is 32.1. The lowest BCUT2D eigenvalue weighted by atomic mass is 10.3. The number of aliphatic carboxylic acids is 1. The molecule has 7 nitrogen and oxygen atoms in total. The lowest BCUT2D eigenvalue weighted by Crippen LogP contribution is -2.53. The van der Waals surface area contributed by atoms with E-state index in [1.165, 1.54) is 12.1 Å². The Labute approximate surface area is 117 Å². The van der Waals surface area contributed by atoms with Crippen LogP contribution in [0.3, 0.4) is 0 Å². The van der Waals surface area contributed by atoms with E-state index in [0.717, 1.165) is 22.3 Å². The number of rotatable bonds is 3. The third-order valence-electron chi connectivity index (χ3n) is 2.46. The van der Waals surface area contributed by atoms with Gasteiger partial charge in [-0.25, -0.2) is 4.79 Å². The van der Waals surface area contributed by atoms with Crippen LogP contribution in [0.15, 0.2) is 18.2 Å². The summed E-state index contributed by atoms with van der Waals surface area (Å²) in [6.07, 6.45) is 2.34. The Morgan fingerprint density at radius 2 is 1.90 bits per heavy atom. The molecule has 0 aliphatic carbocycles. The maximum Gasteiger partial charge on any atom is 0.328 e.